The number of anilines is 1. The number of unbranched alkanes of at least 4 members (excludes halogenated alkanes) is 4. The van der Waals surface area contributed by atoms with Crippen molar-refractivity contribution in [3.05, 3.63) is 99.0 Å². The fraction of sp³-hybridized carbons (Fsp3) is 0.547. The zero-order valence-corrected chi connectivity index (χ0v) is 39.9. The number of nitrogens with zero attached hydrogens (tertiary/aromatic N) is 3. The number of nitrogens with two attached hydrogens (primary N) is 2. The Bertz CT molecular complexity index is 2460. The summed E-state index contributed by atoms with van der Waals surface area (Å²) in [6.07, 6.45) is 11.7. The molecule has 0 saturated carbocycles. The third-order valence-corrected chi connectivity index (χ3v) is 14.0. The molecule has 366 valence electrons. The summed E-state index contributed by atoms with van der Waals surface area (Å²) in [6, 6.07) is 18.3. The van der Waals surface area contributed by atoms with E-state index in [9.17, 15) is 28.8 Å². The summed E-state index contributed by atoms with van der Waals surface area (Å²) < 4.78 is 21.2. The number of ether oxygens (including phenoxy) is 3. The molecule has 0 spiro atoms. The third-order valence-electron chi connectivity index (χ3n) is 14.0. The Balaban J connectivity index is 0.720. The number of imide groups is 1. The van der Waals surface area contributed by atoms with Crippen LogP contribution in [0.5, 0.6) is 0 Å². The van der Waals surface area contributed by atoms with Crippen LogP contribution < -0.4 is 27.4 Å². The lowest BCUT2D eigenvalue weighted by Gasteiger charge is -2.29. The topological polar surface area (TPSA) is 207 Å². The molecule has 4 heterocycles. The molecule has 3 aliphatic rings. The van der Waals surface area contributed by atoms with Crippen LogP contribution in [0.3, 0.4) is 0 Å². The van der Waals surface area contributed by atoms with E-state index in [1.807, 2.05) is 43.3 Å². The van der Waals surface area contributed by atoms with E-state index in [2.05, 4.69) is 29.6 Å². The maximum Gasteiger partial charge on any atom is 0.329 e. The molecule has 3 aromatic carbocycles. The van der Waals surface area contributed by atoms with E-state index in [-0.39, 0.29) is 54.6 Å². The molecular formula is C53H70N6O9. The molecule has 1 saturated heterocycles. The van der Waals surface area contributed by atoms with Crippen molar-refractivity contribution in [2.24, 2.45) is 24.4 Å². The maximum atomic E-state index is 14.0. The van der Waals surface area contributed by atoms with E-state index in [1.165, 1.54) is 10.1 Å². The number of imidazole rings is 1. The first kappa shape index (κ1) is 50.4. The van der Waals surface area contributed by atoms with E-state index < -0.39 is 29.9 Å². The highest BCUT2D eigenvalue weighted by atomic mass is 16.5. The van der Waals surface area contributed by atoms with E-state index in [0.717, 1.165) is 111 Å². The molecule has 1 aromatic heterocycles. The first-order valence-electron chi connectivity index (χ1n) is 24.8. The number of hydrogen-bond acceptors (Lipinski definition) is 10. The normalized spacial score (nSPS) is 19.0. The number of hydrogen-bond donors (Lipinski definition) is 3. The first-order valence-corrected chi connectivity index (χ1v) is 24.8. The zero-order chi connectivity index (χ0) is 48.2. The molecule has 7 rings (SSSR count). The van der Waals surface area contributed by atoms with Crippen molar-refractivity contribution in [1.82, 2.24) is 14.5 Å². The fourth-order valence-corrected chi connectivity index (χ4v) is 9.99. The Labute approximate surface area is 399 Å². The van der Waals surface area contributed by atoms with Gasteiger partial charge in [0.15, 0.2) is 5.78 Å². The van der Waals surface area contributed by atoms with E-state index in [4.69, 9.17) is 25.7 Å². The molecule has 4 aromatic rings. The molecule has 0 aliphatic carbocycles. The van der Waals surface area contributed by atoms with Gasteiger partial charge in [-0.25, -0.2) is 4.79 Å². The van der Waals surface area contributed by atoms with Crippen LogP contribution in [0.4, 0.5) is 5.69 Å². The van der Waals surface area contributed by atoms with Gasteiger partial charge in [0.2, 0.25) is 23.6 Å². The van der Waals surface area contributed by atoms with Crippen molar-refractivity contribution in [2.45, 2.75) is 147 Å². The second-order valence-corrected chi connectivity index (χ2v) is 19.0. The van der Waals surface area contributed by atoms with Gasteiger partial charge in [0, 0.05) is 59.2 Å². The predicted molar refractivity (Wildman–Crippen MR) is 260 cm³/mol. The summed E-state index contributed by atoms with van der Waals surface area (Å²) in [6.45, 7) is 5.20. The summed E-state index contributed by atoms with van der Waals surface area (Å²) in [7, 11) is 1.71. The van der Waals surface area contributed by atoms with Gasteiger partial charge in [0.05, 0.1) is 41.5 Å². The highest BCUT2D eigenvalue weighted by Crippen LogP contribution is 2.40. The van der Waals surface area contributed by atoms with E-state index in [0.29, 0.717) is 50.8 Å². The van der Waals surface area contributed by atoms with Crippen molar-refractivity contribution >= 4 is 46.1 Å². The quantitative estimate of drug-likeness (QED) is 0.0481. The SMILES string of the molecule is C[C@@H](OCc1ccc(CCCOCCCCCCCOCCCc2ccc3c(c2)n(C)c(=O)n3C2CCC(=O)NC2=O)cc1)[C@H](CCC(N)=O)CC(=O)[C@@H]1Cc2cccc3c2N1C(=O)[C@@H](N)CC3. The lowest BCUT2D eigenvalue weighted by atomic mass is 9.89. The number of piperidine rings is 1. The lowest BCUT2D eigenvalue weighted by Crippen LogP contribution is -2.50. The molecule has 68 heavy (non-hydrogen) atoms. The van der Waals surface area contributed by atoms with Crippen LogP contribution >= 0.6 is 0 Å². The summed E-state index contributed by atoms with van der Waals surface area (Å²) >= 11 is 0. The molecule has 3 aliphatic heterocycles. The molecular weight excluding hydrogens is 865 g/mol. The molecule has 0 bridgehead atoms. The van der Waals surface area contributed by atoms with Crippen LogP contribution in [0, 0.1) is 5.92 Å². The predicted octanol–water partition coefficient (Wildman–Crippen LogP) is 5.84. The van der Waals surface area contributed by atoms with Crippen molar-refractivity contribution < 1.29 is 38.2 Å². The summed E-state index contributed by atoms with van der Waals surface area (Å²) in [4.78, 5) is 77.9. The number of carbonyl (C=O) groups is 5. The van der Waals surface area contributed by atoms with Crippen LogP contribution in [0.1, 0.15) is 124 Å². The van der Waals surface area contributed by atoms with Crippen LogP contribution in [-0.2, 0) is 77.5 Å². The van der Waals surface area contributed by atoms with Gasteiger partial charge in [-0.1, -0.05) is 67.8 Å². The van der Waals surface area contributed by atoms with E-state index >= 15 is 0 Å². The number of fused-ring (bicyclic) bond motifs is 1. The Morgan fingerprint density at radius 3 is 2.13 bits per heavy atom. The molecule has 1 fully saturated rings. The van der Waals surface area contributed by atoms with Gasteiger partial charge in [-0.3, -0.25) is 43.3 Å². The number of benzene rings is 3. The largest absolute Gasteiger partial charge is 0.381 e. The lowest BCUT2D eigenvalue weighted by molar-refractivity contribution is -0.135. The summed E-state index contributed by atoms with van der Waals surface area (Å²) in [5, 5.41) is 2.35. The molecule has 0 radical (unpaired) electrons. The monoisotopic (exact) mass is 935 g/mol. The molecule has 4 amide bonds. The number of nitrogens with one attached hydrogen (secondary N) is 1. The van der Waals surface area contributed by atoms with E-state index in [1.54, 1.807) is 16.5 Å². The molecule has 5 N–H and O–H groups in total. The Morgan fingerprint density at radius 2 is 1.43 bits per heavy atom. The second-order valence-electron chi connectivity index (χ2n) is 19.0. The van der Waals surface area contributed by atoms with Crippen LogP contribution in [0.25, 0.3) is 11.0 Å². The second kappa shape index (κ2) is 24.2. The summed E-state index contributed by atoms with van der Waals surface area (Å²) in [5.74, 6) is -1.66. The maximum absolute atomic E-state index is 14.0. The Hall–Kier alpha value is -5.48. The number of para-hydroxylation sites is 1. The van der Waals surface area contributed by atoms with Crippen LogP contribution in [-0.4, -0.2) is 83.2 Å². The van der Waals surface area contributed by atoms with Gasteiger partial charge in [0.1, 0.15) is 6.04 Å². The zero-order valence-electron chi connectivity index (χ0n) is 39.9. The standard InChI is InChI=1S/C53H70N6O9/c1-35(40(21-25-48(55)61)33-47(60)46-32-41-14-8-13-39-20-22-42(54)52(64)59(46)50(39)41)68-34-38-17-15-36(16-18-38)11-9-29-66-27-6-4-3-5-7-28-67-30-10-12-37-19-23-43-45(31-37)57(2)53(65)58(43)44-24-26-49(62)56-51(44)63/h8,13-19,23,31,35,40,42,44,46H,3-7,9-12,20-22,24-30,32-34,54H2,1-2H3,(H2,55,61)(H,56,62,63)/t35-,40-,42+,44?,46+/m1/s1. The van der Waals surface area contributed by atoms with Crippen LogP contribution in [0.15, 0.2) is 65.5 Å². The molecule has 15 nitrogen and oxygen atoms in total. The summed E-state index contributed by atoms with van der Waals surface area (Å²) in [5.41, 5.74) is 19.3. The average molecular weight is 935 g/mol. The average Bonchev–Trinajstić information content (AvgIpc) is 3.80. The van der Waals surface area contributed by atoms with Crippen molar-refractivity contribution in [3.63, 3.8) is 0 Å². The number of rotatable bonds is 27. The molecule has 15 heteroatoms. The minimum Gasteiger partial charge on any atom is -0.381 e. The highest BCUT2D eigenvalue weighted by Gasteiger charge is 2.43. The van der Waals surface area contributed by atoms with Gasteiger partial charge >= 0.3 is 5.69 Å². The number of aryl methyl sites for hydroxylation is 4. The number of Topliss-reactive ketones (excluding diaryl/α,β-unsaturated/α-hetero) is 1. The Morgan fingerprint density at radius 1 is 0.779 bits per heavy atom. The van der Waals surface area contributed by atoms with Gasteiger partial charge in [-0.05, 0) is 117 Å². The van der Waals surface area contributed by atoms with Crippen molar-refractivity contribution in [2.75, 3.05) is 31.3 Å². The molecule has 5 atom stereocenters. The highest BCUT2D eigenvalue weighted by molar-refractivity contribution is 6.07. The van der Waals surface area contributed by atoms with Gasteiger partial charge in [-0.15, -0.1) is 0 Å². The number of carbonyl (C=O) groups excluding carboxylic acids is 5. The van der Waals surface area contributed by atoms with Crippen molar-refractivity contribution in [1.29, 1.82) is 0 Å². The Kier molecular flexibility index (Phi) is 17.9. The number of amides is 4. The van der Waals surface area contributed by atoms with Gasteiger partial charge < -0.3 is 25.7 Å². The number of primary amides is 1. The van der Waals surface area contributed by atoms with Gasteiger partial charge in [0.25, 0.3) is 0 Å². The minimum absolute atomic E-state index is 0.0522. The van der Waals surface area contributed by atoms with Crippen molar-refractivity contribution in [3.8, 4) is 0 Å². The molecule has 1 unspecified atom stereocenters. The number of aromatic nitrogens is 2. The van der Waals surface area contributed by atoms with Crippen LogP contribution in [0.2, 0.25) is 0 Å². The first-order chi connectivity index (χ1) is 32.9. The smallest absolute Gasteiger partial charge is 0.329 e. The van der Waals surface area contributed by atoms with Gasteiger partial charge in [-0.2, -0.15) is 0 Å². The minimum atomic E-state index is -0.684. The number of ketones is 1. The fourth-order valence-electron chi connectivity index (χ4n) is 9.99. The third kappa shape index (κ3) is 12.8.